The van der Waals surface area contributed by atoms with Crippen LogP contribution in [0.25, 0.3) is 0 Å². The van der Waals surface area contributed by atoms with Crippen molar-refractivity contribution < 1.29 is 13.2 Å². The standard InChI is InChI=1S/C18H11Cl4N3O3S/c1-9-6-11(2-3-13(9)20)29(27,28)25-14-7-10(19)8-24-16(14)17(26)12-4-5-23-18(22)15(12)21/h2-8,25H,1H3. The highest BCUT2D eigenvalue weighted by atomic mass is 35.5. The number of hydrogen-bond acceptors (Lipinski definition) is 5. The molecular formula is C18H11Cl4N3O3S. The topological polar surface area (TPSA) is 89.0 Å². The maximum Gasteiger partial charge on any atom is 0.261 e. The third-order valence-electron chi connectivity index (χ3n) is 3.84. The Bertz CT molecular complexity index is 1230. The predicted molar refractivity (Wildman–Crippen MR) is 114 cm³/mol. The van der Waals surface area contributed by atoms with E-state index in [0.717, 1.165) is 0 Å². The number of rotatable bonds is 5. The van der Waals surface area contributed by atoms with E-state index in [1.807, 2.05) is 0 Å². The first-order chi connectivity index (χ1) is 13.6. The van der Waals surface area contributed by atoms with E-state index in [9.17, 15) is 13.2 Å². The maximum atomic E-state index is 12.9. The Morgan fingerprint density at radius 3 is 2.45 bits per heavy atom. The molecule has 0 saturated heterocycles. The van der Waals surface area contributed by atoms with Crippen molar-refractivity contribution in [2.45, 2.75) is 11.8 Å². The van der Waals surface area contributed by atoms with Crippen molar-refractivity contribution >= 4 is 67.9 Å². The van der Waals surface area contributed by atoms with Gasteiger partial charge >= 0.3 is 0 Å². The number of carbonyl (C=O) groups is 1. The van der Waals surface area contributed by atoms with Gasteiger partial charge in [-0.05, 0) is 42.8 Å². The van der Waals surface area contributed by atoms with Gasteiger partial charge < -0.3 is 0 Å². The summed E-state index contributed by atoms with van der Waals surface area (Å²) in [4.78, 5) is 20.7. The lowest BCUT2D eigenvalue weighted by molar-refractivity contribution is 0.103. The fourth-order valence-electron chi connectivity index (χ4n) is 2.41. The Hall–Kier alpha value is -1.90. The van der Waals surface area contributed by atoms with Gasteiger partial charge in [0.05, 0.1) is 20.6 Å². The maximum absolute atomic E-state index is 12.9. The number of carbonyl (C=O) groups excluding carboxylic acids is 1. The van der Waals surface area contributed by atoms with Crippen molar-refractivity contribution in [3.05, 3.63) is 79.8 Å². The van der Waals surface area contributed by atoms with Crippen LogP contribution in [0.3, 0.4) is 0 Å². The third-order valence-corrected chi connectivity index (χ3v) is 6.60. The number of anilines is 1. The first-order valence-corrected chi connectivity index (χ1v) is 10.9. The Kier molecular flexibility index (Phi) is 6.36. The van der Waals surface area contributed by atoms with Crippen molar-refractivity contribution in [2.75, 3.05) is 4.72 Å². The van der Waals surface area contributed by atoms with Gasteiger partial charge in [-0.25, -0.2) is 18.4 Å². The molecular weight excluding hydrogens is 480 g/mol. The predicted octanol–water partition coefficient (Wildman–Crippen LogP) is 5.43. The van der Waals surface area contributed by atoms with Crippen LogP contribution in [0.4, 0.5) is 5.69 Å². The van der Waals surface area contributed by atoms with Gasteiger partial charge in [-0.1, -0.05) is 46.4 Å². The van der Waals surface area contributed by atoms with Gasteiger partial charge in [0.25, 0.3) is 10.0 Å². The van der Waals surface area contributed by atoms with Gasteiger partial charge in [0.2, 0.25) is 5.78 Å². The summed E-state index contributed by atoms with van der Waals surface area (Å²) >= 11 is 23.8. The summed E-state index contributed by atoms with van der Waals surface area (Å²) in [7, 11) is -4.06. The van der Waals surface area contributed by atoms with Crippen molar-refractivity contribution in [1.82, 2.24) is 9.97 Å². The molecule has 0 unspecified atom stereocenters. The van der Waals surface area contributed by atoms with E-state index in [0.29, 0.717) is 10.6 Å². The summed E-state index contributed by atoms with van der Waals surface area (Å²) in [6, 6.07) is 6.85. The molecule has 2 aromatic heterocycles. The van der Waals surface area contributed by atoms with E-state index < -0.39 is 15.8 Å². The minimum absolute atomic E-state index is 0.0178. The number of aryl methyl sites for hydroxylation is 1. The highest BCUT2D eigenvalue weighted by Crippen LogP contribution is 2.29. The molecule has 11 heteroatoms. The van der Waals surface area contributed by atoms with Crippen LogP contribution in [0.2, 0.25) is 20.2 Å². The zero-order valence-electron chi connectivity index (χ0n) is 14.6. The molecule has 150 valence electrons. The summed E-state index contributed by atoms with van der Waals surface area (Å²) in [5.41, 5.74) is 0.282. The number of hydrogen-bond donors (Lipinski definition) is 1. The minimum Gasteiger partial charge on any atom is -0.287 e. The van der Waals surface area contributed by atoms with Crippen LogP contribution in [0, 0.1) is 6.92 Å². The Morgan fingerprint density at radius 2 is 1.76 bits per heavy atom. The summed E-state index contributed by atoms with van der Waals surface area (Å²) in [6.45, 7) is 1.67. The van der Waals surface area contributed by atoms with Gasteiger partial charge in [-0.2, -0.15) is 0 Å². The second-order valence-electron chi connectivity index (χ2n) is 5.86. The molecule has 0 saturated carbocycles. The first-order valence-electron chi connectivity index (χ1n) is 7.89. The lowest BCUT2D eigenvalue weighted by atomic mass is 10.1. The molecule has 1 aromatic carbocycles. The van der Waals surface area contributed by atoms with Gasteiger partial charge in [-0.3, -0.25) is 9.52 Å². The van der Waals surface area contributed by atoms with Gasteiger partial charge in [0.1, 0.15) is 10.8 Å². The molecule has 0 aliphatic rings. The molecule has 0 spiro atoms. The van der Waals surface area contributed by atoms with E-state index in [4.69, 9.17) is 46.4 Å². The van der Waals surface area contributed by atoms with Crippen molar-refractivity contribution in [2.24, 2.45) is 0 Å². The molecule has 29 heavy (non-hydrogen) atoms. The number of benzene rings is 1. The molecule has 0 aliphatic heterocycles. The van der Waals surface area contributed by atoms with Crippen LogP contribution in [-0.2, 0) is 10.0 Å². The summed E-state index contributed by atoms with van der Waals surface area (Å²) in [6.07, 6.45) is 2.52. The fourth-order valence-corrected chi connectivity index (χ4v) is 4.18. The first kappa shape index (κ1) is 21.8. The third kappa shape index (κ3) is 4.65. The number of aromatic nitrogens is 2. The lowest BCUT2D eigenvalue weighted by Gasteiger charge is -2.13. The smallest absolute Gasteiger partial charge is 0.261 e. The number of nitrogens with one attached hydrogen (secondary N) is 1. The molecule has 2 heterocycles. The number of pyridine rings is 2. The van der Waals surface area contributed by atoms with E-state index in [-0.39, 0.29) is 37.0 Å². The molecule has 0 fully saturated rings. The number of sulfonamides is 1. The largest absolute Gasteiger partial charge is 0.287 e. The fraction of sp³-hybridized carbons (Fsp3) is 0.0556. The number of ketones is 1. The second-order valence-corrected chi connectivity index (χ2v) is 9.12. The quantitative estimate of drug-likeness (QED) is 0.380. The van der Waals surface area contributed by atoms with E-state index in [2.05, 4.69) is 14.7 Å². The normalized spacial score (nSPS) is 11.3. The molecule has 1 N–H and O–H groups in total. The van der Waals surface area contributed by atoms with Crippen molar-refractivity contribution in [1.29, 1.82) is 0 Å². The van der Waals surface area contributed by atoms with Crippen molar-refractivity contribution in [3.8, 4) is 0 Å². The van der Waals surface area contributed by atoms with Gasteiger partial charge in [-0.15, -0.1) is 0 Å². The zero-order chi connectivity index (χ0) is 21.3. The Labute approximate surface area is 186 Å². The number of halogens is 4. The van der Waals surface area contributed by atoms with Gasteiger partial charge in [0, 0.05) is 23.0 Å². The second kappa shape index (κ2) is 8.45. The van der Waals surface area contributed by atoms with Crippen LogP contribution >= 0.6 is 46.4 Å². The lowest BCUT2D eigenvalue weighted by Crippen LogP contribution is -2.17. The van der Waals surface area contributed by atoms with Crippen molar-refractivity contribution in [3.63, 3.8) is 0 Å². The van der Waals surface area contributed by atoms with Crippen LogP contribution in [0.1, 0.15) is 21.6 Å². The van der Waals surface area contributed by atoms with Crippen LogP contribution < -0.4 is 4.72 Å². The molecule has 3 rings (SSSR count). The van der Waals surface area contributed by atoms with Crippen LogP contribution in [-0.4, -0.2) is 24.2 Å². The van der Waals surface area contributed by atoms with Crippen LogP contribution in [0.5, 0.6) is 0 Å². The summed E-state index contributed by atoms with van der Waals surface area (Å²) in [5.74, 6) is -0.652. The Morgan fingerprint density at radius 1 is 1.03 bits per heavy atom. The molecule has 0 aliphatic carbocycles. The molecule has 0 radical (unpaired) electrons. The number of nitrogens with zero attached hydrogens (tertiary/aromatic N) is 2. The molecule has 0 bridgehead atoms. The van der Waals surface area contributed by atoms with Crippen LogP contribution in [0.15, 0.2) is 47.6 Å². The highest BCUT2D eigenvalue weighted by molar-refractivity contribution is 7.92. The van der Waals surface area contributed by atoms with E-state index >= 15 is 0 Å². The summed E-state index contributed by atoms with van der Waals surface area (Å²) in [5, 5.41) is 0.419. The average molecular weight is 491 g/mol. The molecule has 6 nitrogen and oxygen atoms in total. The zero-order valence-corrected chi connectivity index (χ0v) is 18.4. The minimum atomic E-state index is -4.06. The molecule has 0 amide bonds. The summed E-state index contributed by atoms with van der Waals surface area (Å²) < 4.78 is 28.0. The highest BCUT2D eigenvalue weighted by Gasteiger charge is 2.24. The van der Waals surface area contributed by atoms with E-state index in [1.165, 1.54) is 42.7 Å². The van der Waals surface area contributed by atoms with E-state index in [1.54, 1.807) is 6.92 Å². The SMILES string of the molecule is Cc1cc(S(=O)(=O)Nc2cc(Cl)cnc2C(=O)c2ccnc(Cl)c2Cl)ccc1Cl. The monoisotopic (exact) mass is 489 g/mol. The molecule has 3 aromatic rings. The average Bonchev–Trinajstić information content (AvgIpc) is 2.65. The molecule has 0 atom stereocenters. The van der Waals surface area contributed by atoms with Gasteiger partial charge in [0.15, 0.2) is 0 Å². The Balaban J connectivity index is 2.06.